The third kappa shape index (κ3) is 3.53. The van der Waals surface area contributed by atoms with Crippen LogP contribution in [0.3, 0.4) is 0 Å². The van der Waals surface area contributed by atoms with E-state index in [0.717, 1.165) is 23.9 Å². The molecule has 3 atom stereocenters. The minimum Gasteiger partial charge on any atom is -0.353 e. The van der Waals surface area contributed by atoms with Gasteiger partial charge in [0, 0.05) is 32.1 Å². The lowest BCUT2D eigenvalue weighted by atomic mass is 9.93. The molecular weight excluding hydrogens is 368 g/mol. The number of imidazole rings is 1. The average molecular weight is 392 g/mol. The van der Waals surface area contributed by atoms with Crippen LogP contribution in [0.25, 0.3) is 11.0 Å². The van der Waals surface area contributed by atoms with Gasteiger partial charge in [0.25, 0.3) is 0 Å². The first-order valence-electron chi connectivity index (χ1n) is 9.25. The van der Waals surface area contributed by atoms with Crippen LogP contribution in [0, 0.1) is 11.8 Å². The fourth-order valence-corrected chi connectivity index (χ4v) is 5.41. The molecule has 0 radical (unpaired) electrons. The van der Waals surface area contributed by atoms with Crippen molar-refractivity contribution in [2.24, 2.45) is 11.8 Å². The van der Waals surface area contributed by atoms with Crippen LogP contribution >= 0.6 is 0 Å². The summed E-state index contributed by atoms with van der Waals surface area (Å²) < 4.78 is 26.7. The zero-order valence-corrected chi connectivity index (χ0v) is 16.0. The number of aromatic nitrogens is 2. The number of hydrogen-bond donors (Lipinski definition) is 2. The second-order valence-electron chi connectivity index (χ2n) is 7.62. The van der Waals surface area contributed by atoms with Crippen molar-refractivity contribution in [2.45, 2.75) is 31.8 Å². The number of benzene rings is 1. The Labute approximate surface area is 157 Å². The van der Waals surface area contributed by atoms with E-state index in [9.17, 15) is 18.0 Å². The van der Waals surface area contributed by atoms with Crippen molar-refractivity contribution in [3.63, 3.8) is 0 Å². The lowest BCUT2D eigenvalue weighted by molar-refractivity contribution is -0.122. The first kappa shape index (κ1) is 18.2. The highest BCUT2D eigenvalue weighted by Gasteiger charge is 2.44. The minimum absolute atomic E-state index is 0.0233. The Morgan fingerprint density at radius 2 is 1.89 bits per heavy atom. The summed E-state index contributed by atoms with van der Waals surface area (Å²) in [7, 11) is -3.19. The normalized spacial score (nSPS) is 25.7. The van der Waals surface area contributed by atoms with Crippen LogP contribution in [0.5, 0.6) is 0 Å². The summed E-state index contributed by atoms with van der Waals surface area (Å²) in [4.78, 5) is 27.4. The predicted octanol–water partition coefficient (Wildman–Crippen LogP) is 0.506. The quantitative estimate of drug-likeness (QED) is 0.773. The van der Waals surface area contributed by atoms with Crippen molar-refractivity contribution in [2.75, 3.05) is 19.3 Å². The molecule has 4 rings (SSSR count). The van der Waals surface area contributed by atoms with Gasteiger partial charge in [-0.15, -0.1) is 0 Å². The molecule has 1 unspecified atom stereocenters. The molecule has 1 aromatic heterocycles. The van der Waals surface area contributed by atoms with E-state index in [4.69, 9.17) is 0 Å². The van der Waals surface area contributed by atoms with Crippen molar-refractivity contribution < 1.29 is 13.2 Å². The van der Waals surface area contributed by atoms with Crippen molar-refractivity contribution >= 4 is 27.0 Å². The summed E-state index contributed by atoms with van der Waals surface area (Å²) >= 11 is 0. The van der Waals surface area contributed by atoms with E-state index >= 15 is 0 Å². The van der Waals surface area contributed by atoms with E-state index in [-0.39, 0.29) is 35.9 Å². The third-order valence-electron chi connectivity index (χ3n) is 5.84. The number of rotatable bonds is 5. The van der Waals surface area contributed by atoms with Crippen molar-refractivity contribution in [3.05, 3.63) is 34.7 Å². The smallest absolute Gasteiger partial charge is 0.326 e. The van der Waals surface area contributed by atoms with Crippen LogP contribution in [0.4, 0.5) is 0 Å². The highest BCUT2D eigenvalue weighted by atomic mass is 32.2. The molecule has 1 amide bonds. The van der Waals surface area contributed by atoms with Crippen LogP contribution in [-0.2, 0) is 21.4 Å². The second-order valence-corrected chi connectivity index (χ2v) is 9.60. The SMILES string of the molecule is CS(=O)(=O)N1C[C@H]2CC[C@@H](C1)C2NC(=O)CCn1c(=O)[nH]c2ccccc21. The number of piperidine rings is 1. The van der Waals surface area contributed by atoms with Gasteiger partial charge in [-0.2, -0.15) is 0 Å². The van der Waals surface area contributed by atoms with E-state index in [0.29, 0.717) is 19.6 Å². The molecule has 2 aromatic rings. The van der Waals surface area contributed by atoms with E-state index in [2.05, 4.69) is 10.3 Å². The number of fused-ring (bicyclic) bond motifs is 3. The molecule has 0 spiro atoms. The number of sulfonamides is 1. The fourth-order valence-electron chi connectivity index (χ4n) is 4.49. The maximum absolute atomic E-state index is 12.5. The fraction of sp³-hybridized carbons (Fsp3) is 0.556. The lowest BCUT2D eigenvalue weighted by Gasteiger charge is -2.37. The third-order valence-corrected chi connectivity index (χ3v) is 7.08. The van der Waals surface area contributed by atoms with Gasteiger partial charge in [-0.1, -0.05) is 12.1 Å². The highest BCUT2D eigenvalue weighted by molar-refractivity contribution is 7.88. The number of nitrogens with zero attached hydrogens (tertiary/aromatic N) is 2. The number of H-pyrrole nitrogens is 1. The van der Waals surface area contributed by atoms with E-state index in [1.54, 1.807) is 4.57 Å². The van der Waals surface area contributed by atoms with E-state index < -0.39 is 10.0 Å². The van der Waals surface area contributed by atoms with Gasteiger partial charge in [-0.3, -0.25) is 9.36 Å². The van der Waals surface area contributed by atoms with Gasteiger partial charge < -0.3 is 10.3 Å². The molecule has 2 N–H and O–H groups in total. The van der Waals surface area contributed by atoms with Gasteiger partial charge in [0.2, 0.25) is 15.9 Å². The Morgan fingerprint density at radius 3 is 2.56 bits per heavy atom. The molecule has 1 aliphatic carbocycles. The van der Waals surface area contributed by atoms with Gasteiger partial charge >= 0.3 is 5.69 Å². The molecule has 27 heavy (non-hydrogen) atoms. The number of aromatic amines is 1. The van der Waals surface area contributed by atoms with Crippen molar-refractivity contribution in [3.8, 4) is 0 Å². The first-order valence-corrected chi connectivity index (χ1v) is 11.1. The Bertz CT molecular complexity index is 1010. The largest absolute Gasteiger partial charge is 0.353 e. The Hall–Kier alpha value is -2.13. The van der Waals surface area contributed by atoms with Crippen LogP contribution in [0.2, 0.25) is 0 Å². The van der Waals surface area contributed by atoms with Gasteiger partial charge in [0.1, 0.15) is 0 Å². The molecule has 1 aliphatic heterocycles. The molecule has 9 heteroatoms. The molecule has 1 saturated heterocycles. The number of hydrogen-bond acceptors (Lipinski definition) is 4. The predicted molar refractivity (Wildman–Crippen MR) is 102 cm³/mol. The monoisotopic (exact) mass is 392 g/mol. The van der Waals surface area contributed by atoms with Gasteiger partial charge in [-0.25, -0.2) is 17.5 Å². The molecule has 1 aromatic carbocycles. The zero-order valence-electron chi connectivity index (χ0n) is 15.2. The summed E-state index contributed by atoms with van der Waals surface area (Å²) in [5.41, 5.74) is 1.33. The molecule has 2 bridgehead atoms. The molecule has 146 valence electrons. The molecule has 2 heterocycles. The summed E-state index contributed by atoms with van der Waals surface area (Å²) in [5.74, 6) is 0.235. The topological polar surface area (TPSA) is 104 Å². The first-order chi connectivity index (χ1) is 12.8. The molecule has 8 nitrogen and oxygen atoms in total. The van der Waals surface area contributed by atoms with E-state index in [1.807, 2.05) is 24.3 Å². The maximum Gasteiger partial charge on any atom is 0.326 e. The number of aryl methyl sites for hydroxylation is 1. The van der Waals surface area contributed by atoms with Crippen LogP contribution in [0.15, 0.2) is 29.1 Å². The molecule has 1 saturated carbocycles. The Balaban J connectivity index is 1.39. The van der Waals surface area contributed by atoms with Gasteiger partial charge in [0.15, 0.2) is 0 Å². The highest BCUT2D eigenvalue weighted by Crippen LogP contribution is 2.37. The van der Waals surface area contributed by atoms with Crippen LogP contribution in [0.1, 0.15) is 19.3 Å². The van der Waals surface area contributed by atoms with E-state index in [1.165, 1.54) is 10.6 Å². The number of carbonyl (C=O) groups is 1. The summed E-state index contributed by atoms with van der Waals surface area (Å²) in [6.45, 7) is 1.26. The molecule has 2 fully saturated rings. The maximum atomic E-state index is 12.5. The standard InChI is InChI=1S/C18H24N4O4S/c1-27(25,26)21-10-12-6-7-13(11-21)17(12)20-16(23)8-9-22-15-5-3-2-4-14(15)19-18(22)24/h2-5,12-13,17H,6-11H2,1H3,(H,19,24)(H,20,23)/t12-,13+,17?. The second kappa shape index (κ2) is 6.79. The van der Waals surface area contributed by atoms with Gasteiger partial charge in [-0.05, 0) is 36.8 Å². The number of nitrogens with one attached hydrogen (secondary N) is 2. The summed E-state index contributed by atoms with van der Waals surface area (Å²) in [6, 6.07) is 7.43. The zero-order chi connectivity index (χ0) is 19.2. The number of carbonyl (C=O) groups excluding carboxylic acids is 1. The Kier molecular flexibility index (Phi) is 4.59. The number of para-hydroxylation sites is 2. The lowest BCUT2D eigenvalue weighted by Crippen LogP contribution is -2.53. The van der Waals surface area contributed by atoms with Crippen molar-refractivity contribution in [1.29, 1.82) is 0 Å². The summed E-state index contributed by atoms with van der Waals surface area (Å²) in [5, 5.41) is 3.10. The Morgan fingerprint density at radius 1 is 1.22 bits per heavy atom. The molecular formula is C18H24N4O4S. The molecule has 2 aliphatic rings. The minimum atomic E-state index is -3.19. The van der Waals surface area contributed by atoms with Gasteiger partial charge in [0.05, 0.1) is 17.3 Å². The summed E-state index contributed by atoms with van der Waals surface area (Å²) in [6.07, 6.45) is 3.32. The van der Waals surface area contributed by atoms with Crippen LogP contribution < -0.4 is 11.0 Å². The van der Waals surface area contributed by atoms with Crippen LogP contribution in [-0.4, -0.2) is 53.6 Å². The number of amides is 1. The van der Waals surface area contributed by atoms with Crippen molar-refractivity contribution in [1.82, 2.24) is 19.2 Å². The average Bonchev–Trinajstić information content (AvgIpc) is 3.02.